The summed E-state index contributed by atoms with van der Waals surface area (Å²) in [5.41, 5.74) is 3.33. The Morgan fingerprint density at radius 3 is 2.58 bits per heavy atom. The summed E-state index contributed by atoms with van der Waals surface area (Å²) >= 11 is 3.54. The van der Waals surface area contributed by atoms with E-state index in [0.29, 0.717) is 0 Å². The van der Waals surface area contributed by atoms with E-state index in [1.807, 2.05) is 13.0 Å². The van der Waals surface area contributed by atoms with E-state index in [2.05, 4.69) is 63.3 Å². The lowest BCUT2D eigenvalue weighted by atomic mass is 10.0. The molecule has 100 valence electrons. The van der Waals surface area contributed by atoms with Crippen molar-refractivity contribution in [2.75, 3.05) is 11.9 Å². The molecular weight excluding hydrogens is 302 g/mol. The zero-order valence-electron chi connectivity index (χ0n) is 11.5. The Bertz CT molecular complexity index is 582. The smallest absolute Gasteiger partial charge is 0.162 e. The molecule has 0 bridgehead atoms. The van der Waals surface area contributed by atoms with Crippen molar-refractivity contribution in [3.63, 3.8) is 0 Å². The molecule has 0 aliphatic rings. The van der Waals surface area contributed by atoms with Gasteiger partial charge in [-0.2, -0.15) is 0 Å². The minimum Gasteiger partial charge on any atom is -0.369 e. The summed E-state index contributed by atoms with van der Waals surface area (Å²) in [4.78, 5) is 9.23. The fourth-order valence-electron chi connectivity index (χ4n) is 2.01. The number of nitrogens with one attached hydrogen (secondary N) is 1. The largest absolute Gasteiger partial charge is 0.369 e. The van der Waals surface area contributed by atoms with Crippen LogP contribution >= 0.6 is 15.9 Å². The third-order valence-corrected chi connectivity index (χ3v) is 3.95. The number of hydrogen-bond acceptors (Lipinski definition) is 3. The zero-order valence-corrected chi connectivity index (χ0v) is 13.1. The summed E-state index contributed by atoms with van der Waals surface area (Å²) in [7, 11) is 0. The highest BCUT2D eigenvalue weighted by Crippen LogP contribution is 2.28. The minimum absolute atomic E-state index is 0.786. The van der Waals surface area contributed by atoms with Gasteiger partial charge < -0.3 is 5.32 Å². The lowest BCUT2D eigenvalue weighted by Crippen LogP contribution is -2.05. The Kier molecular flexibility index (Phi) is 4.53. The van der Waals surface area contributed by atoms with Gasteiger partial charge in [0.2, 0.25) is 0 Å². The molecule has 1 aromatic carbocycles. The summed E-state index contributed by atoms with van der Waals surface area (Å²) < 4.78 is 0.937. The highest BCUT2D eigenvalue weighted by atomic mass is 79.9. The van der Waals surface area contributed by atoms with Crippen LogP contribution in [0.3, 0.4) is 0 Å². The Labute approximate surface area is 122 Å². The molecular formula is C15H18BrN3. The SMILES string of the molecule is CCNc1nc(-c2ccccc2CC)nc(C)c1Br. The van der Waals surface area contributed by atoms with Gasteiger partial charge in [0.05, 0.1) is 10.2 Å². The van der Waals surface area contributed by atoms with Gasteiger partial charge in [0, 0.05) is 12.1 Å². The van der Waals surface area contributed by atoms with Gasteiger partial charge in [0.1, 0.15) is 5.82 Å². The van der Waals surface area contributed by atoms with Gasteiger partial charge in [0.25, 0.3) is 0 Å². The zero-order chi connectivity index (χ0) is 13.8. The molecule has 1 aromatic heterocycles. The molecule has 0 saturated heterocycles. The van der Waals surface area contributed by atoms with Crippen LogP contribution in [0.5, 0.6) is 0 Å². The van der Waals surface area contributed by atoms with Gasteiger partial charge in [0.15, 0.2) is 5.82 Å². The predicted molar refractivity (Wildman–Crippen MR) is 83.4 cm³/mol. The van der Waals surface area contributed by atoms with E-state index in [1.165, 1.54) is 5.56 Å². The molecule has 2 rings (SSSR count). The van der Waals surface area contributed by atoms with Crippen LogP contribution in [0.2, 0.25) is 0 Å². The number of nitrogens with zero attached hydrogens (tertiary/aromatic N) is 2. The molecule has 2 aromatic rings. The topological polar surface area (TPSA) is 37.8 Å². The van der Waals surface area contributed by atoms with E-state index in [9.17, 15) is 0 Å². The van der Waals surface area contributed by atoms with Gasteiger partial charge in [-0.1, -0.05) is 31.2 Å². The molecule has 0 aliphatic carbocycles. The van der Waals surface area contributed by atoms with Crippen molar-refractivity contribution in [2.24, 2.45) is 0 Å². The molecule has 4 heteroatoms. The first-order valence-corrected chi connectivity index (χ1v) is 7.33. The fraction of sp³-hybridized carbons (Fsp3) is 0.333. The van der Waals surface area contributed by atoms with Gasteiger partial charge >= 0.3 is 0 Å². The summed E-state index contributed by atoms with van der Waals surface area (Å²) in [6, 6.07) is 8.29. The van der Waals surface area contributed by atoms with Crippen molar-refractivity contribution < 1.29 is 0 Å². The Morgan fingerprint density at radius 1 is 1.16 bits per heavy atom. The van der Waals surface area contributed by atoms with E-state index in [4.69, 9.17) is 0 Å². The molecule has 1 N–H and O–H groups in total. The van der Waals surface area contributed by atoms with Gasteiger partial charge in [-0.25, -0.2) is 9.97 Å². The Balaban J connectivity index is 2.56. The van der Waals surface area contributed by atoms with E-state index < -0.39 is 0 Å². The molecule has 0 radical (unpaired) electrons. The Morgan fingerprint density at radius 2 is 1.89 bits per heavy atom. The average Bonchev–Trinajstić information content (AvgIpc) is 2.43. The van der Waals surface area contributed by atoms with Crippen molar-refractivity contribution in [3.8, 4) is 11.4 Å². The third kappa shape index (κ3) is 2.95. The highest BCUT2D eigenvalue weighted by Gasteiger charge is 2.12. The average molecular weight is 320 g/mol. The molecule has 0 spiro atoms. The van der Waals surface area contributed by atoms with Crippen LogP contribution in [0.1, 0.15) is 25.1 Å². The van der Waals surface area contributed by atoms with Crippen LogP contribution in [0, 0.1) is 6.92 Å². The molecule has 0 saturated carbocycles. The van der Waals surface area contributed by atoms with Crippen molar-refractivity contribution in [1.82, 2.24) is 9.97 Å². The first kappa shape index (κ1) is 14.0. The first-order chi connectivity index (χ1) is 9.17. The number of aryl methyl sites for hydroxylation is 2. The van der Waals surface area contributed by atoms with Crippen LogP contribution in [0.4, 0.5) is 5.82 Å². The summed E-state index contributed by atoms with van der Waals surface area (Å²) in [5.74, 6) is 1.64. The molecule has 0 unspecified atom stereocenters. The van der Waals surface area contributed by atoms with Crippen LogP contribution < -0.4 is 5.32 Å². The second-order valence-corrected chi connectivity index (χ2v) is 5.13. The molecule has 0 amide bonds. The number of hydrogen-bond donors (Lipinski definition) is 1. The summed E-state index contributed by atoms with van der Waals surface area (Å²) in [5, 5.41) is 3.27. The lowest BCUT2D eigenvalue weighted by molar-refractivity contribution is 1.05. The van der Waals surface area contributed by atoms with E-state index in [-0.39, 0.29) is 0 Å². The van der Waals surface area contributed by atoms with Crippen molar-refractivity contribution >= 4 is 21.7 Å². The monoisotopic (exact) mass is 319 g/mol. The number of rotatable bonds is 4. The highest BCUT2D eigenvalue weighted by molar-refractivity contribution is 9.10. The molecule has 3 nitrogen and oxygen atoms in total. The molecule has 0 fully saturated rings. The van der Waals surface area contributed by atoms with Crippen molar-refractivity contribution in [1.29, 1.82) is 0 Å². The normalized spacial score (nSPS) is 10.5. The van der Waals surface area contributed by atoms with E-state index in [1.54, 1.807) is 0 Å². The van der Waals surface area contributed by atoms with Gasteiger partial charge in [-0.05, 0) is 41.8 Å². The van der Waals surface area contributed by atoms with E-state index >= 15 is 0 Å². The Hall–Kier alpha value is -1.42. The van der Waals surface area contributed by atoms with E-state index in [0.717, 1.165) is 40.3 Å². The van der Waals surface area contributed by atoms with Crippen LogP contribution in [-0.4, -0.2) is 16.5 Å². The molecule has 0 aliphatic heterocycles. The maximum atomic E-state index is 4.63. The summed E-state index contributed by atoms with van der Waals surface area (Å²) in [6.45, 7) is 7.04. The summed E-state index contributed by atoms with van der Waals surface area (Å²) in [6.07, 6.45) is 0.977. The number of aromatic nitrogens is 2. The molecule has 1 heterocycles. The number of benzene rings is 1. The molecule has 0 atom stereocenters. The van der Waals surface area contributed by atoms with Gasteiger partial charge in [-0.3, -0.25) is 0 Å². The maximum absolute atomic E-state index is 4.63. The quantitative estimate of drug-likeness (QED) is 0.917. The number of anilines is 1. The maximum Gasteiger partial charge on any atom is 0.162 e. The van der Waals surface area contributed by atoms with Crippen molar-refractivity contribution in [3.05, 3.63) is 40.0 Å². The lowest BCUT2D eigenvalue weighted by Gasteiger charge is -2.12. The number of halogens is 1. The van der Waals surface area contributed by atoms with Crippen LogP contribution in [0.25, 0.3) is 11.4 Å². The van der Waals surface area contributed by atoms with Crippen LogP contribution in [-0.2, 0) is 6.42 Å². The fourth-order valence-corrected chi connectivity index (χ4v) is 2.33. The second kappa shape index (κ2) is 6.15. The first-order valence-electron chi connectivity index (χ1n) is 6.53. The molecule has 19 heavy (non-hydrogen) atoms. The van der Waals surface area contributed by atoms with Crippen molar-refractivity contribution in [2.45, 2.75) is 27.2 Å². The second-order valence-electron chi connectivity index (χ2n) is 4.34. The predicted octanol–water partition coefficient (Wildman–Crippen LogP) is 4.21. The minimum atomic E-state index is 0.786. The van der Waals surface area contributed by atoms with Crippen LogP contribution in [0.15, 0.2) is 28.7 Å². The third-order valence-electron chi connectivity index (χ3n) is 3.00. The standard InChI is InChI=1S/C15H18BrN3/c1-4-11-8-6-7-9-12(11)14-18-10(3)13(16)15(19-14)17-5-2/h6-9H,4-5H2,1-3H3,(H,17,18,19). The van der Waals surface area contributed by atoms with Gasteiger partial charge in [-0.15, -0.1) is 0 Å².